The first-order chi connectivity index (χ1) is 16.2. The molecule has 2 aromatic rings. The molecule has 194 valence electrons. The molecule has 0 saturated heterocycles. The average molecular weight is 681 g/mol. The normalized spacial score (nSPS) is 18.3. The summed E-state index contributed by atoms with van der Waals surface area (Å²) in [6, 6.07) is 20.5. The molecule has 0 aromatic heterocycles. The van der Waals surface area contributed by atoms with Gasteiger partial charge >= 0.3 is 0 Å². The Kier molecular flexibility index (Phi) is 22.1. The van der Waals surface area contributed by atoms with Gasteiger partial charge in [0, 0.05) is 39.0 Å². The summed E-state index contributed by atoms with van der Waals surface area (Å²) in [6.07, 6.45) is 29.5. The van der Waals surface area contributed by atoms with Crippen LogP contribution in [-0.4, -0.2) is 4.08 Å². The van der Waals surface area contributed by atoms with Gasteiger partial charge < -0.3 is 25.3 Å². The standard InChI is InChI=1S/C15H16S2.2C8H12.2Rh/c16-15(17,11-13-7-3-1-4-8-13)12-14-9-5-2-6-10-14;2*1-2-4-6-8-7-5-3-1;;/h1-10,16-17H,11-12H2;2*1-2,7-8H,3-6H2;;/p-2/b;2*2-1-,8-7-;;. The summed E-state index contributed by atoms with van der Waals surface area (Å²) in [7, 11) is 0. The van der Waals surface area contributed by atoms with Crippen LogP contribution in [0.4, 0.5) is 0 Å². The summed E-state index contributed by atoms with van der Waals surface area (Å²) >= 11 is 11.0. The van der Waals surface area contributed by atoms with Crippen molar-refractivity contribution in [1.82, 2.24) is 0 Å². The van der Waals surface area contributed by atoms with Crippen LogP contribution in [0.3, 0.4) is 0 Å². The molecule has 0 amide bonds. The molecule has 0 saturated carbocycles. The third-order valence-corrected chi connectivity index (χ3v) is 5.88. The van der Waals surface area contributed by atoms with E-state index in [-0.39, 0.29) is 39.0 Å². The van der Waals surface area contributed by atoms with Crippen LogP contribution < -0.4 is 0 Å². The molecule has 0 heterocycles. The van der Waals surface area contributed by atoms with Gasteiger partial charge in [-0.3, -0.25) is 4.08 Å². The molecule has 0 nitrogen and oxygen atoms in total. The Morgan fingerprint density at radius 3 is 0.886 bits per heavy atom. The van der Waals surface area contributed by atoms with E-state index in [2.05, 4.69) is 72.9 Å². The molecule has 0 bridgehead atoms. The third-order valence-electron chi connectivity index (χ3n) is 5.30. The number of benzene rings is 2. The summed E-state index contributed by atoms with van der Waals surface area (Å²) in [5.41, 5.74) is 2.43. The second-order valence-corrected chi connectivity index (χ2v) is 10.3. The summed E-state index contributed by atoms with van der Waals surface area (Å²) in [4.78, 5) is 0. The first kappa shape index (κ1) is 34.3. The van der Waals surface area contributed by atoms with E-state index in [9.17, 15) is 0 Å². The van der Waals surface area contributed by atoms with Crippen molar-refractivity contribution in [2.75, 3.05) is 0 Å². The van der Waals surface area contributed by atoms with Crippen molar-refractivity contribution in [3.8, 4) is 0 Å². The minimum absolute atomic E-state index is 0. The van der Waals surface area contributed by atoms with Gasteiger partial charge in [-0.05, 0) is 51.4 Å². The monoisotopic (exact) mass is 680 g/mol. The van der Waals surface area contributed by atoms with Crippen molar-refractivity contribution < 1.29 is 39.0 Å². The van der Waals surface area contributed by atoms with Gasteiger partial charge in [0.2, 0.25) is 0 Å². The number of rotatable bonds is 4. The largest absolute Gasteiger partial charge is 0.811 e. The molecule has 35 heavy (non-hydrogen) atoms. The Balaban J connectivity index is 0.000000541. The topological polar surface area (TPSA) is 0 Å². The van der Waals surface area contributed by atoms with Crippen molar-refractivity contribution in [2.45, 2.75) is 68.3 Å². The molecule has 4 rings (SSSR count). The van der Waals surface area contributed by atoms with Gasteiger partial charge in [0.05, 0.1) is 0 Å². The molecule has 2 radical (unpaired) electrons. The fourth-order valence-corrected chi connectivity index (χ4v) is 4.26. The number of allylic oxidation sites excluding steroid dienone is 8. The molecule has 0 atom stereocenters. The molecular weight excluding hydrogens is 642 g/mol. The van der Waals surface area contributed by atoms with E-state index in [1.54, 1.807) is 0 Å². The van der Waals surface area contributed by atoms with Crippen LogP contribution in [0, 0.1) is 0 Å². The molecule has 0 N–H and O–H groups in total. The van der Waals surface area contributed by atoms with Gasteiger partial charge in [-0.1, -0.05) is 133 Å². The second-order valence-electron chi connectivity index (χ2n) is 8.43. The average Bonchev–Trinajstić information content (AvgIpc) is 2.74. The van der Waals surface area contributed by atoms with Gasteiger partial charge in [0.1, 0.15) is 0 Å². The maximum atomic E-state index is 5.52. The first-order valence-corrected chi connectivity index (χ1v) is 13.1. The Morgan fingerprint density at radius 2 is 0.657 bits per heavy atom. The van der Waals surface area contributed by atoms with Crippen molar-refractivity contribution >= 4 is 25.3 Å². The molecule has 0 aliphatic heterocycles. The zero-order valence-corrected chi connectivity index (χ0v) is 25.4. The smallest absolute Gasteiger partial charge is 0 e. The van der Waals surface area contributed by atoms with E-state index in [1.165, 1.54) is 62.5 Å². The summed E-state index contributed by atoms with van der Waals surface area (Å²) in [5, 5.41) is 0. The predicted molar refractivity (Wildman–Crippen MR) is 151 cm³/mol. The van der Waals surface area contributed by atoms with Crippen LogP contribution >= 0.6 is 0 Å². The minimum atomic E-state index is -0.525. The van der Waals surface area contributed by atoms with Crippen LogP contribution in [0.1, 0.15) is 62.5 Å². The third kappa shape index (κ3) is 19.2. The molecule has 0 unspecified atom stereocenters. The Labute approximate surface area is 251 Å². The SMILES string of the molecule is C1=C\CC/C=C\CC/1.C1=C\CC/C=C\CC/1.[Rh].[Rh].[S-]C([S-])(Cc1ccccc1)Cc1ccccc1. The molecule has 0 fully saturated rings. The zero-order valence-electron chi connectivity index (χ0n) is 20.4. The number of hydrogen-bond donors (Lipinski definition) is 0. The summed E-state index contributed by atoms with van der Waals surface area (Å²) in [6.45, 7) is 0. The quantitative estimate of drug-likeness (QED) is 0.180. The maximum absolute atomic E-state index is 5.52. The molecule has 2 aromatic carbocycles. The van der Waals surface area contributed by atoms with Gasteiger partial charge in [0.25, 0.3) is 0 Å². The van der Waals surface area contributed by atoms with Gasteiger partial charge in [0.15, 0.2) is 0 Å². The second kappa shape index (κ2) is 22.5. The van der Waals surface area contributed by atoms with E-state index in [4.69, 9.17) is 25.3 Å². The molecular formula is C31H38Rh2S2-2. The molecule has 4 heteroatoms. The van der Waals surface area contributed by atoms with Crippen LogP contribution in [0.5, 0.6) is 0 Å². The minimum Gasteiger partial charge on any atom is -0.811 e. The van der Waals surface area contributed by atoms with E-state index >= 15 is 0 Å². The number of hydrogen-bond acceptors (Lipinski definition) is 2. The molecule has 2 aliphatic carbocycles. The van der Waals surface area contributed by atoms with E-state index < -0.39 is 4.08 Å². The van der Waals surface area contributed by atoms with Crippen LogP contribution in [0.15, 0.2) is 109 Å². The Bertz CT molecular complexity index is 733. The summed E-state index contributed by atoms with van der Waals surface area (Å²) in [5.74, 6) is 0. The fraction of sp³-hybridized carbons (Fsp3) is 0.355. The van der Waals surface area contributed by atoms with E-state index in [1.807, 2.05) is 36.4 Å². The van der Waals surface area contributed by atoms with Crippen LogP contribution in [0.2, 0.25) is 0 Å². The van der Waals surface area contributed by atoms with Gasteiger partial charge in [-0.15, -0.1) is 0 Å². The molecule has 0 spiro atoms. The fourth-order valence-electron chi connectivity index (χ4n) is 3.59. The van der Waals surface area contributed by atoms with Crippen molar-refractivity contribution in [3.05, 3.63) is 120 Å². The Hall–Kier alpha value is -0.653. The van der Waals surface area contributed by atoms with Crippen LogP contribution in [0.25, 0.3) is 0 Å². The van der Waals surface area contributed by atoms with Crippen molar-refractivity contribution in [1.29, 1.82) is 0 Å². The van der Waals surface area contributed by atoms with Gasteiger partial charge in [-0.25, -0.2) is 0 Å². The van der Waals surface area contributed by atoms with Crippen molar-refractivity contribution in [2.24, 2.45) is 0 Å². The predicted octanol–water partition coefficient (Wildman–Crippen LogP) is 8.60. The van der Waals surface area contributed by atoms with E-state index in [0.717, 1.165) is 12.8 Å². The first-order valence-electron chi connectivity index (χ1n) is 12.2. The maximum Gasteiger partial charge on any atom is 0 e. The van der Waals surface area contributed by atoms with Crippen molar-refractivity contribution in [3.63, 3.8) is 0 Å². The van der Waals surface area contributed by atoms with Crippen LogP contribution in [-0.2, 0) is 77.1 Å². The van der Waals surface area contributed by atoms with Gasteiger partial charge in [-0.2, -0.15) is 0 Å². The van der Waals surface area contributed by atoms with E-state index in [0.29, 0.717) is 0 Å². The summed E-state index contributed by atoms with van der Waals surface area (Å²) < 4.78 is -0.525. The zero-order chi connectivity index (χ0) is 23.5. The Morgan fingerprint density at radius 1 is 0.429 bits per heavy atom. The molecule has 2 aliphatic rings.